The van der Waals surface area contributed by atoms with E-state index in [1.165, 1.54) is 5.56 Å². The van der Waals surface area contributed by atoms with Gasteiger partial charge in [-0.05, 0) is 51.3 Å². The maximum atomic E-state index is 13.1. The highest BCUT2D eigenvalue weighted by molar-refractivity contribution is 5.93. The van der Waals surface area contributed by atoms with Crippen LogP contribution in [0.2, 0.25) is 0 Å². The summed E-state index contributed by atoms with van der Waals surface area (Å²) in [5, 5.41) is 2.97. The normalized spacial score (nSPS) is 18.8. The molecule has 2 amide bonds. The van der Waals surface area contributed by atoms with Crippen LogP contribution in [0, 0.1) is 5.92 Å². The summed E-state index contributed by atoms with van der Waals surface area (Å²) < 4.78 is 5.47. The van der Waals surface area contributed by atoms with Gasteiger partial charge >= 0.3 is 6.09 Å². The van der Waals surface area contributed by atoms with Crippen LogP contribution in [-0.2, 0) is 16.0 Å². The average Bonchev–Trinajstić information content (AvgIpc) is 2.82. The zero-order valence-electron chi connectivity index (χ0n) is 21.0. The third-order valence-electron chi connectivity index (χ3n) is 6.18. The fourth-order valence-electron chi connectivity index (χ4n) is 4.58. The van der Waals surface area contributed by atoms with Gasteiger partial charge < -0.3 is 19.9 Å². The van der Waals surface area contributed by atoms with Crippen LogP contribution in [0.3, 0.4) is 0 Å². The number of likely N-dealkylation sites (tertiary alicyclic amines) is 1. The van der Waals surface area contributed by atoms with Crippen molar-refractivity contribution in [1.82, 2.24) is 10.2 Å². The SMILES string of the molecule is CCC(=O)N(c1ccccc1)C1CCN(CCc2ccccc2)C[C@H]1CNC(=O)OC(C)(C)C. The minimum Gasteiger partial charge on any atom is -0.444 e. The van der Waals surface area contributed by atoms with Crippen LogP contribution in [0.25, 0.3) is 0 Å². The summed E-state index contributed by atoms with van der Waals surface area (Å²) in [6.45, 7) is 10.6. The van der Waals surface area contributed by atoms with Crippen LogP contribution in [0.1, 0.15) is 46.1 Å². The maximum Gasteiger partial charge on any atom is 0.407 e. The quantitative estimate of drug-likeness (QED) is 0.603. The van der Waals surface area contributed by atoms with Crippen LogP contribution < -0.4 is 10.2 Å². The van der Waals surface area contributed by atoms with Crippen molar-refractivity contribution in [2.45, 2.75) is 58.6 Å². The molecule has 2 atom stereocenters. The zero-order valence-corrected chi connectivity index (χ0v) is 21.0. The molecular formula is C28H39N3O3. The lowest BCUT2D eigenvalue weighted by atomic mass is 9.89. The van der Waals surface area contributed by atoms with E-state index in [0.717, 1.165) is 38.2 Å². The molecule has 1 aliphatic rings. The van der Waals surface area contributed by atoms with E-state index < -0.39 is 11.7 Å². The van der Waals surface area contributed by atoms with E-state index in [-0.39, 0.29) is 17.9 Å². The van der Waals surface area contributed by atoms with Gasteiger partial charge in [0, 0.05) is 50.2 Å². The van der Waals surface area contributed by atoms with Gasteiger partial charge in [-0.25, -0.2) is 4.79 Å². The Morgan fingerprint density at radius 3 is 2.32 bits per heavy atom. The van der Waals surface area contributed by atoms with E-state index in [1.807, 2.05) is 69.0 Å². The van der Waals surface area contributed by atoms with Crippen molar-refractivity contribution in [3.8, 4) is 0 Å². The number of ether oxygens (including phenoxy) is 1. The molecule has 0 saturated carbocycles. The second kappa shape index (κ2) is 12.0. The molecular weight excluding hydrogens is 426 g/mol. The van der Waals surface area contributed by atoms with Crippen LogP contribution in [0.4, 0.5) is 10.5 Å². The van der Waals surface area contributed by atoms with Gasteiger partial charge in [0.25, 0.3) is 0 Å². The lowest BCUT2D eigenvalue weighted by molar-refractivity contribution is -0.119. The van der Waals surface area contributed by atoms with Crippen LogP contribution >= 0.6 is 0 Å². The van der Waals surface area contributed by atoms with E-state index in [1.54, 1.807) is 0 Å². The van der Waals surface area contributed by atoms with Crippen molar-refractivity contribution in [2.75, 3.05) is 31.1 Å². The number of para-hydroxylation sites is 1. The molecule has 6 heteroatoms. The topological polar surface area (TPSA) is 61.9 Å². The standard InChI is InChI=1S/C28H39N3O3/c1-5-26(32)31(24-14-10-7-11-15-24)25-17-19-30(18-16-22-12-8-6-9-13-22)21-23(25)20-29-27(33)34-28(2,3)4/h6-15,23,25H,5,16-21H2,1-4H3,(H,29,33)/t23-,25?/m1/s1. The largest absolute Gasteiger partial charge is 0.444 e. The summed E-state index contributed by atoms with van der Waals surface area (Å²) >= 11 is 0. The number of hydrogen-bond donors (Lipinski definition) is 1. The Labute approximate surface area is 204 Å². The van der Waals surface area contributed by atoms with Crippen molar-refractivity contribution < 1.29 is 14.3 Å². The number of benzene rings is 2. The van der Waals surface area contributed by atoms with Crippen LogP contribution in [0.15, 0.2) is 60.7 Å². The maximum absolute atomic E-state index is 13.1. The van der Waals surface area contributed by atoms with Crippen molar-refractivity contribution in [2.24, 2.45) is 5.92 Å². The minimum absolute atomic E-state index is 0.0118. The molecule has 0 aliphatic carbocycles. The van der Waals surface area contributed by atoms with Crippen LogP contribution in [0.5, 0.6) is 0 Å². The summed E-state index contributed by atoms with van der Waals surface area (Å²) in [4.78, 5) is 29.9. The molecule has 2 aromatic carbocycles. The van der Waals surface area contributed by atoms with Crippen LogP contribution in [-0.4, -0.2) is 54.7 Å². The number of anilines is 1. The number of nitrogens with zero attached hydrogens (tertiary/aromatic N) is 2. The van der Waals surface area contributed by atoms with E-state index in [9.17, 15) is 9.59 Å². The highest BCUT2D eigenvalue weighted by Gasteiger charge is 2.36. The molecule has 0 spiro atoms. The predicted octanol–water partition coefficient (Wildman–Crippen LogP) is 4.89. The Morgan fingerprint density at radius 2 is 1.71 bits per heavy atom. The Hall–Kier alpha value is -2.86. The first-order chi connectivity index (χ1) is 16.3. The Morgan fingerprint density at radius 1 is 1.06 bits per heavy atom. The van der Waals surface area contributed by atoms with Gasteiger partial charge in [0.05, 0.1) is 0 Å². The summed E-state index contributed by atoms with van der Waals surface area (Å²) in [5.74, 6) is 0.198. The highest BCUT2D eigenvalue weighted by Crippen LogP contribution is 2.28. The molecule has 3 rings (SSSR count). The number of carbonyl (C=O) groups is 2. The smallest absolute Gasteiger partial charge is 0.407 e. The molecule has 34 heavy (non-hydrogen) atoms. The van der Waals surface area contributed by atoms with E-state index in [4.69, 9.17) is 4.74 Å². The molecule has 1 aliphatic heterocycles. The van der Waals surface area contributed by atoms with Crippen molar-refractivity contribution in [3.63, 3.8) is 0 Å². The molecule has 184 valence electrons. The third kappa shape index (κ3) is 7.59. The van der Waals surface area contributed by atoms with E-state index in [0.29, 0.717) is 13.0 Å². The minimum atomic E-state index is -0.550. The summed E-state index contributed by atoms with van der Waals surface area (Å²) in [6.07, 6.45) is 1.86. The number of alkyl carbamates (subject to hydrolysis) is 1. The molecule has 1 fully saturated rings. The molecule has 2 aromatic rings. The fourth-order valence-corrected chi connectivity index (χ4v) is 4.58. The monoisotopic (exact) mass is 465 g/mol. The van der Waals surface area contributed by atoms with E-state index >= 15 is 0 Å². The number of nitrogens with one attached hydrogen (secondary N) is 1. The van der Waals surface area contributed by atoms with Gasteiger partial charge in [0.1, 0.15) is 5.60 Å². The van der Waals surface area contributed by atoms with Gasteiger partial charge in [-0.2, -0.15) is 0 Å². The molecule has 1 N–H and O–H groups in total. The third-order valence-corrected chi connectivity index (χ3v) is 6.18. The molecule has 1 unspecified atom stereocenters. The van der Waals surface area contributed by atoms with Gasteiger partial charge in [-0.1, -0.05) is 55.5 Å². The summed E-state index contributed by atoms with van der Waals surface area (Å²) in [6, 6.07) is 20.4. The number of piperidine rings is 1. The first-order valence-electron chi connectivity index (χ1n) is 12.4. The summed E-state index contributed by atoms with van der Waals surface area (Å²) in [7, 11) is 0. The van der Waals surface area contributed by atoms with Gasteiger partial charge in [0.2, 0.25) is 5.91 Å². The van der Waals surface area contributed by atoms with E-state index in [2.05, 4.69) is 34.5 Å². The lowest BCUT2D eigenvalue weighted by Gasteiger charge is -2.44. The lowest BCUT2D eigenvalue weighted by Crippen LogP contribution is -2.56. The number of amides is 2. The van der Waals surface area contributed by atoms with Crippen molar-refractivity contribution in [3.05, 3.63) is 66.2 Å². The molecule has 1 heterocycles. The molecule has 0 bridgehead atoms. The zero-order chi connectivity index (χ0) is 24.6. The average molecular weight is 466 g/mol. The number of hydrogen-bond acceptors (Lipinski definition) is 4. The number of carbonyl (C=O) groups excluding carboxylic acids is 2. The second-order valence-electron chi connectivity index (χ2n) is 9.99. The molecule has 6 nitrogen and oxygen atoms in total. The van der Waals surface area contributed by atoms with Gasteiger partial charge in [-0.15, -0.1) is 0 Å². The first kappa shape index (κ1) is 25.8. The van der Waals surface area contributed by atoms with Gasteiger partial charge in [-0.3, -0.25) is 4.79 Å². The number of rotatable bonds is 8. The van der Waals surface area contributed by atoms with Crippen molar-refractivity contribution in [1.29, 1.82) is 0 Å². The predicted molar refractivity (Wildman–Crippen MR) is 137 cm³/mol. The Kier molecular flexibility index (Phi) is 9.11. The molecule has 1 saturated heterocycles. The highest BCUT2D eigenvalue weighted by atomic mass is 16.6. The Balaban J connectivity index is 1.75. The molecule has 0 aromatic heterocycles. The molecule has 0 radical (unpaired) electrons. The first-order valence-corrected chi connectivity index (χ1v) is 12.4. The Bertz CT molecular complexity index is 911. The van der Waals surface area contributed by atoms with Crippen molar-refractivity contribution >= 4 is 17.7 Å². The van der Waals surface area contributed by atoms with Gasteiger partial charge in [0.15, 0.2) is 0 Å². The second-order valence-corrected chi connectivity index (χ2v) is 9.99. The fraction of sp³-hybridized carbons (Fsp3) is 0.500. The summed E-state index contributed by atoms with van der Waals surface area (Å²) in [5.41, 5.74) is 1.69.